The zero-order valence-electron chi connectivity index (χ0n) is 19.3. The first-order valence-electron chi connectivity index (χ1n) is 11.5. The summed E-state index contributed by atoms with van der Waals surface area (Å²) in [5.41, 5.74) is 9.32. The highest BCUT2D eigenvalue weighted by Crippen LogP contribution is 2.53. The quantitative estimate of drug-likeness (QED) is 0.333. The highest BCUT2D eigenvalue weighted by Gasteiger charge is 2.39. The second kappa shape index (κ2) is 7.05. The van der Waals surface area contributed by atoms with Crippen molar-refractivity contribution in [2.75, 3.05) is 0 Å². The minimum Gasteiger partial charge on any atom is -0.256 e. The Morgan fingerprint density at radius 3 is 2.32 bits per heavy atom. The SMILES string of the molecule is CCC(C)(CC)c1cccc(-c2nccc3c2C(C)(C)c2c-3ccc3ccccc23)c1. The van der Waals surface area contributed by atoms with Crippen molar-refractivity contribution < 1.29 is 0 Å². The summed E-state index contributed by atoms with van der Waals surface area (Å²) >= 11 is 0. The van der Waals surface area contributed by atoms with E-state index in [2.05, 4.69) is 101 Å². The maximum Gasteiger partial charge on any atom is 0.0749 e. The number of hydrogen-bond donors (Lipinski definition) is 0. The van der Waals surface area contributed by atoms with Crippen LogP contribution in [0.2, 0.25) is 0 Å². The van der Waals surface area contributed by atoms with Gasteiger partial charge in [0.15, 0.2) is 0 Å². The van der Waals surface area contributed by atoms with Crippen molar-refractivity contribution in [3.05, 3.63) is 89.6 Å². The number of hydrogen-bond acceptors (Lipinski definition) is 1. The topological polar surface area (TPSA) is 12.9 Å². The van der Waals surface area contributed by atoms with Crippen molar-refractivity contribution in [2.24, 2.45) is 0 Å². The maximum absolute atomic E-state index is 4.95. The average molecular weight is 406 g/mol. The number of aromatic nitrogens is 1. The van der Waals surface area contributed by atoms with Crippen molar-refractivity contribution >= 4 is 10.8 Å². The largest absolute Gasteiger partial charge is 0.256 e. The van der Waals surface area contributed by atoms with Crippen LogP contribution in [0.3, 0.4) is 0 Å². The molecule has 0 aliphatic heterocycles. The van der Waals surface area contributed by atoms with Gasteiger partial charge in [-0.3, -0.25) is 4.98 Å². The summed E-state index contributed by atoms with van der Waals surface area (Å²) in [6.07, 6.45) is 4.26. The fraction of sp³-hybridized carbons (Fsp3) is 0.300. The van der Waals surface area contributed by atoms with Gasteiger partial charge < -0.3 is 0 Å². The van der Waals surface area contributed by atoms with Gasteiger partial charge in [0.2, 0.25) is 0 Å². The van der Waals surface area contributed by atoms with Crippen molar-refractivity contribution in [1.29, 1.82) is 0 Å². The molecule has 1 aromatic heterocycles. The molecule has 3 aromatic carbocycles. The Bertz CT molecular complexity index is 1290. The Labute approximate surface area is 186 Å². The molecule has 0 spiro atoms. The second-order valence-corrected chi connectivity index (χ2v) is 9.76. The molecule has 0 saturated heterocycles. The number of benzene rings is 3. The van der Waals surface area contributed by atoms with E-state index in [1.54, 1.807) is 0 Å². The highest BCUT2D eigenvalue weighted by atomic mass is 14.7. The summed E-state index contributed by atoms with van der Waals surface area (Å²) < 4.78 is 0. The lowest BCUT2D eigenvalue weighted by atomic mass is 9.76. The molecule has 0 atom stereocenters. The fourth-order valence-electron chi connectivity index (χ4n) is 5.53. The van der Waals surface area contributed by atoms with Crippen LogP contribution in [-0.2, 0) is 10.8 Å². The third-order valence-electron chi connectivity index (χ3n) is 7.81. The van der Waals surface area contributed by atoms with Crippen molar-refractivity contribution in [1.82, 2.24) is 4.98 Å². The first kappa shape index (κ1) is 20.0. The van der Waals surface area contributed by atoms with Crippen molar-refractivity contribution in [2.45, 2.75) is 58.3 Å². The minimum absolute atomic E-state index is 0.107. The van der Waals surface area contributed by atoms with E-state index in [4.69, 9.17) is 4.98 Å². The molecule has 1 heterocycles. The zero-order valence-corrected chi connectivity index (χ0v) is 19.3. The molecular weight excluding hydrogens is 374 g/mol. The predicted octanol–water partition coefficient (Wildman–Crippen LogP) is 8.29. The van der Waals surface area contributed by atoms with Gasteiger partial charge in [0.05, 0.1) is 5.69 Å². The smallest absolute Gasteiger partial charge is 0.0749 e. The Morgan fingerprint density at radius 2 is 1.55 bits per heavy atom. The van der Waals surface area contributed by atoms with Crippen LogP contribution in [0.15, 0.2) is 72.9 Å². The van der Waals surface area contributed by atoms with Gasteiger partial charge in [-0.15, -0.1) is 0 Å². The Morgan fingerprint density at radius 1 is 0.806 bits per heavy atom. The molecule has 31 heavy (non-hydrogen) atoms. The molecule has 0 fully saturated rings. The maximum atomic E-state index is 4.95. The van der Waals surface area contributed by atoms with Gasteiger partial charge in [0.1, 0.15) is 0 Å². The minimum atomic E-state index is -0.107. The highest BCUT2D eigenvalue weighted by molar-refractivity contribution is 5.99. The normalized spacial score (nSPS) is 14.5. The summed E-state index contributed by atoms with van der Waals surface area (Å²) in [6.45, 7) is 11.7. The summed E-state index contributed by atoms with van der Waals surface area (Å²) in [4.78, 5) is 4.95. The van der Waals surface area contributed by atoms with Gasteiger partial charge in [-0.1, -0.05) is 89.2 Å². The van der Waals surface area contributed by atoms with E-state index in [9.17, 15) is 0 Å². The van der Waals surface area contributed by atoms with Crippen LogP contribution in [0, 0.1) is 0 Å². The molecule has 1 nitrogen and oxygen atoms in total. The monoisotopic (exact) mass is 405 g/mol. The molecule has 4 aromatic rings. The number of pyridine rings is 1. The van der Waals surface area contributed by atoms with Gasteiger partial charge in [-0.25, -0.2) is 0 Å². The standard InChI is InChI=1S/C30H31N/c1-6-30(5,7-2)22-13-10-12-21(19-22)28-27-25(17-18-31-28)24-16-15-20-11-8-9-14-23(20)26(24)29(27,3)4/h8-19H,6-7H2,1-5H3. The summed E-state index contributed by atoms with van der Waals surface area (Å²) in [6, 6.07) is 24.6. The molecule has 5 rings (SSSR count). The molecule has 1 aliphatic carbocycles. The molecule has 0 amide bonds. The summed E-state index contributed by atoms with van der Waals surface area (Å²) in [5.74, 6) is 0. The Kier molecular flexibility index (Phi) is 4.55. The van der Waals surface area contributed by atoms with Crippen molar-refractivity contribution in [3.8, 4) is 22.4 Å². The van der Waals surface area contributed by atoms with Gasteiger partial charge in [0, 0.05) is 17.2 Å². The van der Waals surface area contributed by atoms with E-state index in [1.165, 1.54) is 44.2 Å². The lowest BCUT2D eigenvalue weighted by Gasteiger charge is -2.28. The third kappa shape index (κ3) is 2.86. The van der Waals surface area contributed by atoms with Gasteiger partial charge in [-0.2, -0.15) is 0 Å². The lowest BCUT2D eigenvalue weighted by molar-refractivity contribution is 0.439. The second-order valence-electron chi connectivity index (χ2n) is 9.76. The first-order valence-corrected chi connectivity index (χ1v) is 11.5. The lowest BCUT2D eigenvalue weighted by Crippen LogP contribution is -2.20. The van der Waals surface area contributed by atoms with Crippen LogP contribution in [0.25, 0.3) is 33.2 Å². The van der Waals surface area contributed by atoms with Crippen LogP contribution < -0.4 is 0 Å². The van der Waals surface area contributed by atoms with E-state index in [1.807, 2.05) is 6.20 Å². The zero-order chi connectivity index (χ0) is 21.8. The van der Waals surface area contributed by atoms with Gasteiger partial charge in [0.25, 0.3) is 0 Å². The van der Waals surface area contributed by atoms with E-state index in [-0.39, 0.29) is 10.8 Å². The predicted molar refractivity (Wildman–Crippen MR) is 133 cm³/mol. The summed E-state index contributed by atoms with van der Waals surface area (Å²) in [5, 5.41) is 2.66. The van der Waals surface area contributed by atoms with Crippen LogP contribution in [-0.4, -0.2) is 4.98 Å². The molecule has 1 heteroatoms. The fourth-order valence-corrected chi connectivity index (χ4v) is 5.53. The Hall–Kier alpha value is -2.93. The third-order valence-corrected chi connectivity index (χ3v) is 7.81. The molecular formula is C30H31N. The van der Waals surface area contributed by atoms with Crippen LogP contribution >= 0.6 is 0 Å². The number of nitrogens with zero attached hydrogens (tertiary/aromatic N) is 1. The van der Waals surface area contributed by atoms with Crippen LogP contribution in [0.4, 0.5) is 0 Å². The number of fused-ring (bicyclic) bond motifs is 5. The van der Waals surface area contributed by atoms with Crippen molar-refractivity contribution in [3.63, 3.8) is 0 Å². The molecule has 1 aliphatic rings. The molecule has 0 saturated carbocycles. The van der Waals surface area contributed by atoms with Gasteiger partial charge in [-0.05, 0) is 69.0 Å². The van der Waals surface area contributed by atoms with E-state index < -0.39 is 0 Å². The molecule has 0 bridgehead atoms. The summed E-state index contributed by atoms with van der Waals surface area (Å²) in [7, 11) is 0. The van der Waals surface area contributed by atoms with E-state index in [0.29, 0.717) is 0 Å². The first-order chi connectivity index (χ1) is 14.9. The Balaban J connectivity index is 1.75. The number of rotatable bonds is 4. The average Bonchev–Trinajstić information content (AvgIpc) is 3.06. The molecule has 0 radical (unpaired) electrons. The van der Waals surface area contributed by atoms with E-state index >= 15 is 0 Å². The van der Waals surface area contributed by atoms with Gasteiger partial charge >= 0.3 is 0 Å². The molecule has 156 valence electrons. The molecule has 0 unspecified atom stereocenters. The van der Waals surface area contributed by atoms with Crippen LogP contribution in [0.1, 0.15) is 64.2 Å². The molecule has 0 N–H and O–H groups in total. The van der Waals surface area contributed by atoms with Crippen LogP contribution in [0.5, 0.6) is 0 Å². The van der Waals surface area contributed by atoms with E-state index in [0.717, 1.165) is 18.5 Å².